The van der Waals surface area contributed by atoms with Crippen LogP contribution in [0.3, 0.4) is 0 Å². The van der Waals surface area contributed by atoms with Crippen LogP contribution in [0.2, 0.25) is 0 Å². The number of H-pyrrole nitrogens is 1. The molecule has 0 aliphatic rings. The minimum atomic E-state index is 0.634. The van der Waals surface area contributed by atoms with Gasteiger partial charge in [-0.3, -0.25) is 0 Å². The van der Waals surface area contributed by atoms with E-state index in [1.807, 2.05) is 18.2 Å². The Bertz CT molecular complexity index is 543. The lowest BCUT2D eigenvalue weighted by Crippen LogP contribution is -2.02. The number of nitrogens with zero attached hydrogens (tertiary/aromatic N) is 2. The number of thioether (sulfide) groups is 1. The van der Waals surface area contributed by atoms with E-state index in [0.717, 1.165) is 22.0 Å². The number of hydrogen-bond donors (Lipinski definition) is 2. The quantitative estimate of drug-likeness (QED) is 0.809. The van der Waals surface area contributed by atoms with E-state index in [1.54, 1.807) is 24.3 Å². The SMILES string of the molecule is CCSc1cccc(NCc2cnc[nH]2)c1C#N. The lowest BCUT2D eigenvalue weighted by Gasteiger charge is -2.10. The summed E-state index contributed by atoms with van der Waals surface area (Å²) >= 11 is 1.68. The maximum absolute atomic E-state index is 9.26. The van der Waals surface area contributed by atoms with E-state index in [1.165, 1.54) is 0 Å². The minimum Gasteiger partial charge on any atom is -0.378 e. The molecule has 0 aliphatic carbocycles. The average Bonchev–Trinajstić information content (AvgIpc) is 2.90. The van der Waals surface area contributed by atoms with Crippen molar-refractivity contribution in [2.24, 2.45) is 0 Å². The third-order valence-corrected chi connectivity index (χ3v) is 3.40. The molecule has 2 aromatic rings. The monoisotopic (exact) mass is 258 g/mol. The van der Waals surface area contributed by atoms with Crippen LogP contribution in [0, 0.1) is 11.3 Å². The van der Waals surface area contributed by atoms with E-state index in [-0.39, 0.29) is 0 Å². The Kier molecular flexibility index (Phi) is 4.26. The summed E-state index contributed by atoms with van der Waals surface area (Å²) in [6, 6.07) is 8.14. The van der Waals surface area contributed by atoms with E-state index in [9.17, 15) is 5.26 Å². The van der Waals surface area contributed by atoms with Gasteiger partial charge in [0.2, 0.25) is 0 Å². The van der Waals surface area contributed by atoms with Crippen molar-refractivity contribution in [1.82, 2.24) is 9.97 Å². The number of benzene rings is 1. The summed E-state index contributed by atoms with van der Waals surface area (Å²) in [5, 5.41) is 12.5. The molecule has 0 aliphatic heterocycles. The Labute approximate surface area is 110 Å². The number of imidazole rings is 1. The van der Waals surface area contributed by atoms with E-state index >= 15 is 0 Å². The van der Waals surface area contributed by atoms with Crippen LogP contribution in [-0.4, -0.2) is 15.7 Å². The van der Waals surface area contributed by atoms with Gasteiger partial charge in [0.1, 0.15) is 6.07 Å². The summed E-state index contributed by atoms with van der Waals surface area (Å²) in [5.74, 6) is 0.957. The first-order valence-electron chi connectivity index (χ1n) is 5.72. The smallest absolute Gasteiger partial charge is 0.102 e. The van der Waals surface area contributed by atoms with Crippen molar-refractivity contribution in [3.8, 4) is 6.07 Å². The van der Waals surface area contributed by atoms with Crippen LogP contribution in [-0.2, 0) is 6.54 Å². The van der Waals surface area contributed by atoms with Crippen molar-refractivity contribution in [2.45, 2.75) is 18.4 Å². The molecule has 1 aromatic heterocycles. The van der Waals surface area contributed by atoms with Gasteiger partial charge in [0.15, 0.2) is 0 Å². The first-order chi connectivity index (χ1) is 8.85. The highest BCUT2D eigenvalue weighted by molar-refractivity contribution is 7.99. The topological polar surface area (TPSA) is 64.5 Å². The van der Waals surface area contributed by atoms with Crippen molar-refractivity contribution in [2.75, 3.05) is 11.1 Å². The molecule has 0 unspecified atom stereocenters. The normalized spacial score (nSPS) is 10.0. The standard InChI is InChI=1S/C13H14N4S/c1-2-18-13-5-3-4-12(11(13)6-14)16-8-10-7-15-9-17-10/h3-5,7,9,16H,2,8H2,1H3,(H,15,17). The van der Waals surface area contributed by atoms with Crippen LogP contribution >= 0.6 is 11.8 Å². The van der Waals surface area contributed by atoms with E-state index in [2.05, 4.69) is 28.3 Å². The molecule has 0 fully saturated rings. The molecule has 2 rings (SSSR count). The average molecular weight is 258 g/mol. The highest BCUT2D eigenvalue weighted by Crippen LogP contribution is 2.27. The van der Waals surface area contributed by atoms with Gasteiger partial charge < -0.3 is 10.3 Å². The summed E-state index contributed by atoms with van der Waals surface area (Å²) in [7, 11) is 0. The molecule has 0 atom stereocenters. The highest BCUT2D eigenvalue weighted by atomic mass is 32.2. The molecule has 18 heavy (non-hydrogen) atoms. The third-order valence-electron chi connectivity index (χ3n) is 2.46. The molecule has 4 nitrogen and oxygen atoms in total. The zero-order valence-electron chi connectivity index (χ0n) is 10.1. The Hall–Kier alpha value is -1.93. The highest BCUT2D eigenvalue weighted by Gasteiger charge is 2.07. The van der Waals surface area contributed by atoms with Crippen molar-refractivity contribution in [3.63, 3.8) is 0 Å². The molecule has 1 heterocycles. The summed E-state index contributed by atoms with van der Waals surface area (Å²) in [6.45, 7) is 2.71. The molecule has 92 valence electrons. The number of nitriles is 1. The van der Waals surface area contributed by atoms with Crippen molar-refractivity contribution in [1.29, 1.82) is 5.26 Å². The van der Waals surface area contributed by atoms with Gasteiger partial charge in [0, 0.05) is 11.1 Å². The number of rotatable bonds is 5. The van der Waals surface area contributed by atoms with Crippen LogP contribution in [0.5, 0.6) is 0 Å². The fourth-order valence-electron chi connectivity index (χ4n) is 1.64. The largest absolute Gasteiger partial charge is 0.378 e. The van der Waals surface area contributed by atoms with Crippen LogP contribution in [0.1, 0.15) is 18.2 Å². The Morgan fingerprint density at radius 2 is 2.39 bits per heavy atom. The van der Waals surface area contributed by atoms with Crippen LogP contribution < -0.4 is 5.32 Å². The lowest BCUT2D eigenvalue weighted by molar-refractivity contribution is 1.07. The summed E-state index contributed by atoms with van der Waals surface area (Å²) in [4.78, 5) is 8.01. The predicted octanol–water partition coefficient (Wildman–Crippen LogP) is 3.01. The van der Waals surface area contributed by atoms with Gasteiger partial charge in [-0.15, -0.1) is 11.8 Å². The zero-order chi connectivity index (χ0) is 12.8. The van der Waals surface area contributed by atoms with Crippen molar-refractivity contribution in [3.05, 3.63) is 42.0 Å². The molecule has 5 heteroatoms. The molecule has 0 amide bonds. The van der Waals surface area contributed by atoms with Crippen molar-refractivity contribution >= 4 is 17.4 Å². The van der Waals surface area contributed by atoms with Gasteiger partial charge in [-0.1, -0.05) is 13.0 Å². The Balaban J connectivity index is 2.17. The number of nitrogens with one attached hydrogen (secondary N) is 2. The summed E-state index contributed by atoms with van der Waals surface area (Å²) in [5.41, 5.74) is 2.57. The molecule has 0 saturated carbocycles. The minimum absolute atomic E-state index is 0.634. The van der Waals surface area contributed by atoms with Gasteiger partial charge in [0.25, 0.3) is 0 Å². The van der Waals surface area contributed by atoms with Gasteiger partial charge in [0.05, 0.1) is 29.8 Å². The first-order valence-corrected chi connectivity index (χ1v) is 6.70. The Morgan fingerprint density at radius 3 is 3.06 bits per heavy atom. The Morgan fingerprint density at radius 1 is 1.50 bits per heavy atom. The molecule has 1 aromatic carbocycles. The maximum Gasteiger partial charge on any atom is 0.102 e. The van der Waals surface area contributed by atoms with Gasteiger partial charge in [-0.05, 0) is 17.9 Å². The number of hydrogen-bond acceptors (Lipinski definition) is 4. The first kappa shape index (κ1) is 12.5. The molecular weight excluding hydrogens is 244 g/mol. The lowest BCUT2D eigenvalue weighted by atomic mass is 10.2. The number of aromatic nitrogens is 2. The number of aromatic amines is 1. The van der Waals surface area contributed by atoms with Crippen LogP contribution in [0.4, 0.5) is 5.69 Å². The summed E-state index contributed by atoms with van der Waals surface area (Å²) < 4.78 is 0. The maximum atomic E-state index is 9.26. The molecular formula is C13H14N4S. The zero-order valence-corrected chi connectivity index (χ0v) is 10.9. The van der Waals surface area contributed by atoms with Gasteiger partial charge in [-0.2, -0.15) is 5.26 Å². The second kappa shape index (κ2) is 6.12. The van der Waals surface area contributed by atoms with Crippen LogP contribution in [0.25, 0.3) is 0 Å². The van der Waals surface area contributed by atoms with E-state index in [0.29, 0.717) is 12.1 Å². The third kappa shape index (κ3) is 2.84. The predicted molar refractivity (Wildman–Crippen MR) is 73.5 cm³/mol. The molecule has 0 spiro atoms. The molecule has 0 radical (unpaired) electrons. The second-order valence-corrected chi connectivity index (χ2v) is 4.96. The van der Waals surface area contributed by atoms with Crippen LogP contribution in [0.15, 0.2) is 35.6 Å². The van der Waals surface area contributed by atoms with E-state index < -0.39 is 0 Å². The number of anilines is 1. The second-order valence-electron chi connectivity index (χ2n) is 3.65. The fraction of sp³-hybridized carbons (Fsp3) is 0.231. The van der Waals surface area contributed by atoms with Gasteiger partial charge >= 0.3 is 0 Å². The fourth-order valence-corrected chi connectivity index (χ4v) is 2.43. The molecule has 0 saturated heterocycles. The van der Waals surface area contributed by atoms with Crippen molar-refractivity contribution < 1.29 is 0 Å². The molecule has 0 bridgehead atoms. The summed E-state index contributed by atoms with van der Waals surface area (Å²) in [6.07, 6.45) is 3.41. The van der Waals surface area contributed by atoms with Gasteiger partial charge in [-0.25, -0.2) is 4.98 Å². The molecule has 2 N–H and O–H groups in total. The van der Waals surface area contributed by atoms with E-state index in [4.69, 9.17) is 0 Å².